The Balaban J connectivity index is 2.71. The van der Waals surface area contributed by atoms with Gasteiger partial charge in [0.05, 0.1) is 6.54 Å². The van der Waals surface area contributed by atoms with E-state index in [0.29, 0.717) is 32.7 Å². The van der Waals surface area contributed by atoms with E-state index in [1.54, 1.807) is 4.90 Å². The third kappa shape index (κ3) is 10.0. The van der Waals surface area contributed by atoms with Crippen molar-refractivity contribution in [1.29, 1.82) is 0 Å². The summed E-state index contributed by atoms with van der Waals surface area (Å²) in [5.74, 6) is -0.888. The molecule has 0 atom stereocenters. The zero-order chi connectivity index (χ0) is 17.5. The summed E-state index contributed by atoms with van der Waals surface area (Å²) in [5.41, 5.74) is 0. The topological polar surface area (TPSA) is 108 Å². The highest BCUT2D eigenvalue weighted by Crippen LogP contribution is 2.34. The predicted molar refractivity (Wildman–Crippen MR) is 87.6 cm³/mol. The summed E-state index contributed by atoms with van der Waals surface area (Å²) >= 11 is 0. The Morgan fingerprint density at radius 1 is 0.870 bits per heavy atom. The van der Waals surface area contributed by atoms with Crippen molar-refractivity contribution in [3.05, 3.63) is 0 Å². The normalized spacial score (nSPS) is 22.4. The monoisotopic (exact) mass is 352 g/mol. The van der Waals surface area contributed by atoms with Crippen molar-refractivity contribution in [2.45, 2.75) is 0 Å². The minimum absolute atomic E-state index is 0.0580. The van der Waals surface area contributed by atoms with Crippen LogP contribution in [0.2, 0.25) is 0 Å². The lowest BCUT2D eigenvalue weighted by Crippen LogP contribution is -2.45. The smallest absolute Gasteiger partial charge is 0.339 e. The zero-order valence-electron chi connectivity index (χ0n) is 14.0. The second-order valence-electron chi connectivity index (χ2n) is 6.20. The molecule has 1 aliphatic heterocycles. The van der Waals surface area contributed by atoms with Crippen molar-refractivity contribution in [2.24, 2.45) is 0 Å². The lowest BCUT2D eigenvalue weighted by molar-refractivity contribution is -0.138. The number of carbonyl (C=O) groups is 1. The number of likely N-dealkylation sites (N-methyl/N-ethyl adjacent to an activating group) is 2. The van der Waals surface area contributed by atoms with E-state index in [2.05, 4.69) is 9.80 Å². The lowest BCUT2D eigenvalue weighted by atomic mass is 10.3. The molecule has 136 valence electrons. The van der Waals surface area contributed by atoms with Crippen LogP contribution in [-0.4, -0.2) is 120 Å². The highest BCUT2D eigenvalue weighted by Gasteiger charge is 2.21. The highest BCUT2D eigenvalue weighted by molar-refractivity contribution is 7.51. The second-order valence-corrected chi connectivity index (χ2v) is 7.81. The van der Waals surface area contributed by atoms with Crippen LogP contribution in [-0.2, 0) is 9.36 Å². The Labute approximate surface area is 137 Å². The molecule has 0 aromatic heterocycles. The zero-order valence-corrected chi connectivity index (χ0v) is 14.9. The Hall–Kier alpha value is -0.540. The van der Waals surface area contributed by atoms with Gasteiger partial charge in [-0.3, -0.25) is 19.2 Å². The van der Waals surface area contributed by atoms with Gasteiger partial charge < -0.3 is 24.7 Å². The largest absolute Gasteiger partial charge is 0.480 e. The van der Waals surface area contributed by atoms with E-state index in [-0.39, 0.29) is 12.8 Å². The van der Waals surface area contributed by atoms with E-state index in [1.807, 2.05) is 19.0 Å². The molecule has 1 saturated heterocycles. The van der Waals surface area contributed by atoms with Crippen molar-refractivity contribution >= 4 is 13.6 Å². The first-order chi connectivity index (χ1) is 10.7. The molecule has 0 aromatic carbocycles. The van der Waals surface area contributed by atoms with Gasteiger partial charge >= 0.3 is 13.6 Å². The maximum absolute atomic E-state index is 11.3. The van der Waals surface area contributed by atoms with Gasteiger partial charge in [0.2, 0.25) is 0 Å². The molecular weight excluding hydrogens is 323 g/mol. The first-order valence-corrected chi connectivity index (χ1v) is 9.53. The van der Waals surface area contributed by atoms with Crippen molar-refractivity contribution in [3.63, 3.8) is 0 Å². The SMILES string of the molecule is CN1CCN(C)CCN(CP(=O)(O)O)CCN(CC(=O)O)CC1. The van der Waals surface area contributed by atoms with Crippen LogP contribution in [0.1, 0.15) is 0 Å². The molecule has 0 aromatic rings. The van der Waals surface area contributed by atoms with E-state index >= 15 is 0 Å². The van der Waals surface area contributed by atoms with Crippen molar-refractivity contribution in [3.8, 4) is 0 Å². The number of aliphatic carboxylic acids is 1. The first-order valence-electron chi connectivity index (χ1n) is 7.74. The van der Waals surface area contributed by atoms with Crippen LogP contribution in [0, 0.1) is 0 Å². The van der Waals surface area contributed by atoms with E-state index in [1.165, 1.54) is 0 Å². The van der Waals surface area contributed by atoms with Crippen LogP contribution < -0.4 is 0 Å². The highest BCUT2D eigenvalue weighted by atomic mass is 31.2. The molecule has 0 bridgehead atoms. The summed E-state index contributed by atoms with van der Waals surface area (Å²) in [7, 11) is -0.120. The molecule has 0 radical (unpaired) electrons. The second kappa shape index (κ2) is 9.68. The van der Waals surface area contributed by atoms with Crippen LogP contribution in [0.4, 0.5) is 0 Å². The molecule has 3 N–H and O–H groups in total. The number of rotatable bonds is 4. The maximum Gasteiger partial charge on any atom is 0.339 e. The molecule has 1 aliphatic rings. The first kappa shape index (κ1) is 20.5. The van der Waals surface area contributed by atoms with Gasteiger partial charge in [-0.2, -0.15) is 0 Å². The average Bonchev–Trinajstić information content (AvgIpc) is 2.41. The van der Waals surface area contributed by atoms with Gasteiger partial charge in [0.25, 0.3) is 0 Å². The van der Waals surface area contributed by atoms with Gasteiger partial charge in [0.15, 0.2) is 0 Å². The summed E-state index contributed by atoms with van der Waals surface area (Å²) in [6.07, 6.45) is -0.290. The van der Waals surface area contributed by atoms with Gasteiger partial charge in [-0.1, -0.05) is 0 Å². The van der Waals surface area contributed by atoms with E-state index in [4.69, 9.17) is 5.11 Å². The third-order valence-electron chi connectivity index (χ3n) is 3.93. The van der Waals surface area contributed by atoms with Gasteiger partial charge in [-0.25, -0.2) is 0 Å². The van der Waals surface area contributed by atoms with E-state index < -0.39 is 13.6 Å². The van der Waals surface area contributed by atoms with Crippen LogP contribution in [0.5, 0.6) is 0 Å². The number of hydrogen-bond acceptors (Lipinski definition) is 6. The molecule has 23 heavy (non-hydrogen) atoms. The Kier molecular flexibility index (Phi) is 8.63. The minimum atomic E-state index is -4.12. The molecule has 9 nitrogen and oxygen atoms in total. The molecule has 1 rings (SSSR count). The van der Waals surface area contributed by atoms with Gasteiger partial charge in [-0.05, 0) is 14.1 Å². The fourth-order valence-electron chi connectivity index (χ4n) is 2.45. The molecule has 0 spiro atoms. The Morgan fingerprint density at radius 3 is 1.74 bits per heavy atom. The number of carboxylic acids is 1. The summed E-state index contributed by atoms with van der Waals surface area (Å²) in [4.78, 5) is 37.2. The minimum Gasteiger partial charge on any atom is -0.480 e. The molecule has 1 fully saturated rings. The van der Waals surface area contributed by atoms with Crippen LogP contribution in [0.15, 0.2) is 0 Å². The van der Waals surface area contributed by atoms with Crippen molar-refractivity contribution in [1.82, 2.24) is 19.6 Å². The van der Waals surface area contributed by atoms with Crippen molar-refractivity contribution in [2.75, 3.05) is 79.3 Å². The molecule has 10 heteroatoms. The van der Waals surface area contributed by atoms with Crippen molar-refractivity contribution < 1.29 is 24.3 Å². The molecule has 0 aliphatic carbocycles. The van der Waals surface area contributed by atoms with Crippen LogP contribution >= 0.6 is 7.60 Å². The quantitative estimate of drug-likeness (QED) is 0.531. The summed E-state index contributed by atoms with van der Waals surface area (Å²) in [6.45, 7) is 5.24. The fourth-order valence-corrected chi connectivity index (χ4v) is 3.25. The van der Waals surface area contributed by atoms with Gasteiger partial charge in [-0.15, -0.1) is 0 Å². The van der Waals surface area contributed by atoms with Crippen LogP contribution in [0.3, 0.4) is 0 Å². The molecule has 0 amide bonds. The van der Waals surface area contributed by atoms with E-state index in [0.717, 1.165) is 19.6 Å². The lowest BCUT2D eigenvalue weighted by Gasteiger charge is -2.31. The molecular formula is C13H29N4O5P. The maximum atomic E-state index is 11.3. The summed E-state index contributed by atoms with van der Waals surface area (Å²) in [6, 6.07) is 0. The summed E-state index contributed by atoms with van der Waals surface area (Å²) in [5, 5.41) is 9.01. The van der Waals surface area contributed by atoms with E-state index in [9.17, 15) is 19.1 Å². The number of carboxylic acid groups (broad SMARTS) is 1. The number of hydrogen-bond donors (Lipinski definition) is 3. The van der Waals surface area contributed by atoms with Crippen LogP contribution in [0.25, 0.3) is 0 Å². The standard InChI is InChI=1S/C13H29N4O5P/c1-14-3-4-15(2)6-8-17(12-23(20,21)22)10-9-16(7-5-14)11-13(18)19/h3-12H2,1-2H3,(H,18,19)(H2,20,21,22). The summed E-state index contributed by atoms with van der Waals surface area (Å²) < 4.78 is 11.3. The molecule has 1 heterocycles. The fraction of sp³-hybridized carbons (Fsp3) is 0.923. The molecule has 0 unspecified atom stereocenters. The Bertz CT molecular complexity index is 419. The predicted octanol–water partition coefficient (Wildman–Crippen LogP) is -1.31. The van der Waals surface area contributed by atoms with Gasteiger partial charge in [0.1, 0.15) is 6.29 Å². The molecule has 0 saturated carbocycles. The third-order valence-corrected chi connectivity index (χ3v) is 4.70. The van der Waals surface area contributed by atoms with Gasteiger partial charge in [0, 0.05) is 52.4 Å². The number of nitrogens with zero attached hydrogens (tertiary/aromatic N) is 4. The Morgan fingerprint density at radius 2 is 1.26 bits per heavy atom. The average molecular weight is 352 g/mol.